The number of hydrogen-bond acceptors (Lipinski definition) is 3. The molecule has 0 aliphatic heterocycles. The molecule has 1 aromatic carbocycles. The van der Waals surface area contributed by atoms with Crippen molar-refractivity contribution in [3.05, 3.63) is 33.9 Å². The minimum Gasteiger partial charge on any atom is -0.480 e. The summed E-state index contributed by atoms with van der Waals surface area (Å²) in [5.41, 5.74) is 0. The van der Waals surface area contributed by atoms with Crippen LogP contribution in [-0.4, -0.2) is 23.0 Å². The number of carbonyl (C=O) groups excluding carboxylic acids is 1. The van der Waals surface area contributed by atoms with Gasteiger partial charge in [-0.25, -0.2) is 9.18 Å². The van der Waals surface area contributed by atoms with Crippen molar-refractivity contribution >= 4 is 44.9 Å². The summed E-state index contributed by atoms with van der Waals surface area (Å²) in [6.07, 6.45) is 0.959. The molecule has 0 fully saturated rings. The predicted molar refractivity (Wildman–Crippen MR) is 80.6 cm³/mol. The van der Waals surface area contributed by atoms with Gasteiger partial charge in [-0.2, -0.15) is 0 Å². The molecule has 0 aliphatic rings. The van der Waals surface area contributed by atoms with Crippen LogP contribution in [0, 0.1) is 5.82 Å². The molecule has 2 aromatic rings. The van der Waals surface area contributed by atoms with Crippen molar-refractivity contribution in [2.45, 2.75) is 25.8 Å². The van der Waals surface area contributed by atoms with Gasteiger partial charge in [-0.1, -0.05) is 24.9 Å². The van der Waals surface area contributed by atoms with E-state index in [2.05, 4.69) is 5.32 Å². The topological polar surface area (TPSA) is 66.4 Å². The number of hydrogen-bond donors (Lipinski definition) is 2. The van der Waals surface area contributed by atoms with Crippen LogP contribution in [0.2, 0.25) is 5.02 Å². The summed E-state index contributed by atoms with van der Waals surface area (Å²) < 4.78 is 13.7. The van der Waals surface area contributed by atoms with Crippen LogP contribution in [-0.2, 0) is 4.79 Å². The largest absolute Gasteiger partial charge is 0.480 e. The fourth-order valence-electron chi connectivity index (χ4n) is 1.95. The number of carboxylic acid groups (broad SMARTS) is 1. The second kappa shape index (κ2) is 6.41. The lowest BCUT2D eigenvalue weighted by atomic mass is 10.1. The quantitative estimate of drug-likeness (QED) is 0.879. The highest BCUT2D eigenvalue weighted by Crippen LogP contribution is 2.35. The van der Waals surface area contributed by atoms with Gasteiger partial charge < -0.3 is 10.4 Å². The van der Waals surface area contributed by atoms with E-state index in [9.17, 15) is 14.0 Å². The Morgan fingerprint density at radius 2 is 2.19 bits per heavy atom. The van der Waals surface area contributed by atoms with E-state index in [1.54, 1.807) is 0 Å². The second-order valence-corrected chi connectivity index (χ2v) is 5.97. The Kier molecular flexibility index (Phi) is 4.80. The molecular weight excluding hydrogens is 317 g/mol. The van der Waals surface area contributed by atoms with Gasteiger partial charge in [0.2, 0.25) is 0 Å². The highest BCUT2D eigenvalue weighted by molar-refractivity contribution is 7.21. The van der Waals surface area contributed by atoms with Gasteiger partial charge in [-0.15, -0.1) is 11.3 Å². The zero-order chi connectivity index (χ0) is 15.6. The lowest BCUT2D eigenvalue weighted by Crippen LogP contribution is -2.40. The van der Waals surface area contributed by atoms with Gasteiger partial charge in [0.25, 0.3) is 5.91 Å². The van der Waals surface area contributed by atoms with E-state index in [0.29, 0.717) is 22.9 Å². The number of fused-ring (bicyclic) bond motifs is 1. The third-order valence-corrected chi connectivity index (χ3v) is 4.63. The molecule has 0 saturated heterocycles. The number of amides is 1. The number of carboxylic acids is 1. The third-order valence-electron chi connectivity index (χ3n) is 2.98. The maximum Gasteiger partial charge on any atom is 0.326 e. The van der Waals surface area contributed by atoms with Crippen LogP contribution in [0.5, 0.6) is 0 Å². The lowest BCUT2D eigenvalue weighted by Gasteiger charge is -2.12. The Hall–Kier alpha value is -1.66. The summed E-state index contributed by atoms with van der Waals surface area (Å²) in [6.45, 7) is 1.83. The smallest absolute Gasteiger partial charge is 0.326 e. The molecule has 112 valence electrons. The molecule has 7 heteroatoms. The van der Waals surface area contributed by atoms with E-state index in [0.717, 1.165) is 11.3 Å². The number of aliphatic carboxylic acids is 1. The normalized spacial score (nSPS) is 12.3. The summed E-state index contributed by atoms with van der Waals surface area (Å²) in [7, 11) is 0. The Balaban J connectivity index is 2.30. The molecule has 4 nitrogen and oxygen atoms in total. The molecule has 0 bridgehead atoms. The molecule has 2 N–H and O–H groups in total. The fraction of sp³-hybridized carbons (Fsp3) is 0.286. The molecule has 0 aliphatic carbocycles. The molecule has 1 aromatic heterocycles. The number of benzene rings is 1. The highest BCUT2D eigenvalue weighted by Gasteiger charge is 2.23. The van der Waals surface area contributed by atoms with E-state index in [4.69, 9.17) is 16.7 Å². The van der Waals surface area contributed by atoms with Crippen LogP contribution in [0.15, 0.2) is 18.2 Å². The van der Waals surface area contributed by atoms with Gasteiger partial charge in [0.15, 0.2) is 0 Å². The Morgan fingerprint density at radius 1 is 1.48 bits per heavy atom. The van der Waals surface area contributed by atoms with Crippen molar-refractivity contribution in [1.82, 2.24) is 5.32 Å². The minimum atomic E-state index is -1.09. The SMILES string of the molecule is CCC[C@@H](NC(=O)c1sc2cc(F)ccc2c1Cl)C(=O)O. The molecule has 1 amide bonds. The first kappa shape index (κ1) is 15.7. The summed E-state index contributed by atoms with van der Waals surface area (Å²) in [5.74, 6) is -2.06. The molecule has 0 spiro atoms. The van der Waals surface area contributed by atoms with Gasteiger partial charge >= 0.3 is 5.97 Å². The van der Waals surface area contributed by atoms with Gasteiger partial charge in [-0.3, -0.25) is 4.79 Å². The minimum absolute atomic E-state index is 0.194. The number of carbonyl (C=O) groups is 2. The molecule has 1 heterocycles. The van der Waals surface area contributed by atoms with E-state index in [1.165, 1.54) is 18.2 Å². The zero-order valence-corrected chi connectivity index (χ0v) is 12.7. The molecule has 0 saturated carbocycles. The van der Waals surface area contributed by atoms with Crippen LogP contribution in [0.1, 0.15) is 29.4 Å². The average molecular weight is 330 g/mol. The monoisotopic (exact) mass is 329 g/mol. The standard InChI is InChI=1S/C14H13ClFNO3S/c1-2-3-9(14(19)20)17-13(18)12-11(15)8-5-4-7(16)6-10(8)21-12/h4-6,9H,2-3H2,1H3,(H,17,18)(H,19,20)/t9-/m1/s1. The van der Waals surface area contributed by atoms with Gasteiger partial charge in [0, 0.05) is 10.1 Å². The van der Waals surface area contributed by atoms with Crippen LogP contribution in [0.4, 0.5) is 4.39 Å². The third kappa shape index (κ3) is 3.33. The van der Waals surface area contributed by atoms with Gasteiger partial charge in [-0.05, 0) is 24.6 Å². The number of thiophene rings is 1. The maximum absolute atomic E-state index is 13.2. The second-order valence-electron chi connectivity index (χ2n) is 4.54. The lowest BCUT2D eigenvalue weighted by molar-refractivity contribution is -0.139. The molecule has 0 unspecified atom stereocenters. The summed E-state index contributed by atoms with van der Waals surface area (Å²) in [4.78, 5) is 23.4. The summed E-state index contributed by atoms with van der Waals surface area (Å²) >= 11 is 7.17. The van der Waals surface area contributed by atoms with Gasteiger partial charge in [0.05, 0.1) is 5.02 Å². The summed E-state index contributed by atoms with van der Waals surface area (Å²) in [6, 6.07) is 3.10. The van der Waals surface area contributed by atoms with E-state index in [-0.39, 0.29) is 9.90 Å². The van der Waals surface area contributed by atoms with E-state index in [1.807, 2.05) is 6.92 Å². The average Bonchev–Trinajstić information content (AvgIpc) is 2.74. The van der Waals surface area contributed by atoms with Gasteiger partial charge in [0.1, 0.15) is 16.7 Å². The molecule has 21 heavy (non-hydrogen) atoms. The van der Waals surface area contributed by atoms with Crippen LogP contribution < -0.4 is 5.32 Å². The number of nitrogens with one attached hydrogen (secondary N) is 1. The van der Waals surface area contributed by atoms with Crippen molar-refractivity contribution in [3.8, 4) is 0 Å². The first-order valence-corrected chi connectivity index (χ1v) is 7.54. The van der Waals surface area contributed by atoms with Crippen LogP contribution >= 0.6 is 22.9 Å². The van der Waals surface area contributed by atoms with E-state index >= 15 is 0 Å². The zero-order valence-electron chi connectivity index (χ0n) is 11.2. The van der Waals surface area contributed by atoms with Crippen molar-refractivity contribution in [2.75, 3.05) is 0 Å². The maximum atomic E-state index is 13.2. The van der Waals surface area contributed by atoms with Crippen molar-refractivity contribution < 1.29 is 19.1 Å². The predicted octanol–water partition coefficient (Wildman–Crippen LogP) is 3.68. The van der Waals surface area contributed by atoms with Crippen LogP contribution in [0.3, 0.4) is 0 Å². The Labute approximate surface area is 129 Å². The van der Waals surface area contributed by atoms with Crippen LogP contribution in [0.25, 0.3) is 10.1 Å². The summed E-state index contributed by atoms with van der Waals surface area (Å²) in [5, 5.41) is 12.3. The van der Waals surface area contributed by atoms with E-state index < -0.39 is 23.7 Å². The fourth-order valence-corrected chi connectivity index (χ4v) is 3.40. The Morgan fingerprint density at radius 3 is 2.81 bits per heavy atom. The molecular formula is C14H13ClFNO3S. The first-order chi connectivity index (χ1) is 9.93. The molecule has 2 rings (SSSR count). The number of halogens is 2. The van der Waals surface area contributed by atoms with Crippen molar-refractivity contribution in [1.29, 1.82) is 0 Å². The molecule has 0 radical (unpaired) electrons. The van der Waals surface area contributed by atoms with Crippen molar-refractivity contribution in [2.24, 2.45) is 0 Å². The van der Waals surface area contributed by atoms with Crippen molar-refractivity contribution in [3.63, 3.8) is 0 Å². The first-order valence-electron chi connectivity index (χ1n) is 6.35. The highest BCUT2D eigenvalue weighted by atomic mass is 35.5. The number of rotatable bonds is 5. The molecule has 1 atom stereocenters. The Bertz CT molecular complexity index is 701.